The Labute approximate surface area is 146 Å². The van der Waals surface area contributed by atoms with E-state index in [1.165, 1.54) is 0 Å². The van der Waals surface area contributed by atoms with E-state index in [1.807, 2.05) is 45.0 Å². The number of carbonyl (C=O) groups excluding carboxylic acids is 1. The van der Waals surface area contributed by atoms with Crippen LogP contribution in [0.2, 0.25) is 0 Å². The molecule has 1 aromatic carbocycles. The molecule has 0 radical (unpaired) electrons. The summed E-state index contributed by atoms with van der Waals surface area (Å²) < 4.78 is 7.04. The largest absolute Gasteiger partial charge is 0.444 e. The predicted octanol–water partition coefficient (Wildman–Crippen LogP) is 2.07. The zero-order valence-corrected chi connectivity index (χ0v) is 14.8. The molecule has 1 fully saturated rings. The van der Waals surface area contributed by atoms with Crippen LogP contribution in [0.3, 0.4) is 0 Å². The number of benzene rings is 1. The van der Waals surface area contributed by atoms with Crippen molar-refractivity contribution in [2.45, 2.75) is 51.5 Å². The van der Waals surface area contributed by atoms with Crippen LogP contribution in [0.25, 0.3) is 10.9 Å². The zero-order chi connectivity index (χ0) is 18.2. The number of carbonyl (C=O) groups is 1. The Morgan fingerprint density at radius 3 is 2.72 bits per heavy atom. The average molecular weight is 347 g/mol. The summed E-state index contributed by atoms with van der Waals surface area (Å²) in [5.41, 5.74) is 0.809. The molecule has 2 atom stereocenters. The van der Waals surface area contributed by atoms with Crippen LogP contribution in [0.4, 0.5) is 4.79 Å². The smallest absolute Gasteiger partial charge is 0.410 e. The average Bonchev–Trinajstić information content (AvgIpc) is 2.82. The minimum Gasteiger partial charge on any atom is -0.444 e. The number of hydrogen-bond acceptors (Lipinski definition) is 5. The molecular weight excluding hydrogens is 322 g/mol. The Bertz CT molecular complexity index is 765. The molecule has 2 aromatic rings. The zero-order valence-electron chi connectivity index (χ0n) is 14.8. The first-order valence-electron chi connectivity index (χ1n) is 8.56. The van der Waals surface area contributed by atoms with Gasteiger partial charge < -0.3 is 19.8 Å². The van der Waals surface area contributed by atoms with Crippen LogP contribution >= 0.6 is 0 Å². The molecule has 136 valence electrons. The molecule has 1 saturated heterocycles. The fourth-order valence-corrected chi connectivity index (χ4v) is 3.14. The molecule has 1 amide bonds. The monoisotopic (exact) mass is 347 g/mol. The van der Waals surface area contributed by atoms with Crippen molar-refractivity contribution in [3.63, 3.8) is 0 Å². The van der Waals surface area contributed by atoms with E-state index in [1.54, 1.807) is 9.58 Å². The van der Waals surface area contributed by atoms with Crippen molar-refractivity contribution >= 4 is 17.0 Å². The molecular formula is C18H25N3O4. The Morgan fingerprint density at radius 2 is 2.12 bits per heavy atom. The number of aliphatic hydroxyl groups excluding tert-OH is 2. The molecule has 7 nitrogen and oxygen atoms in total. The van der Waals surface area contributed by atoms with E-state index in [-0.39, 0.29) is 12.6 Å². The number of nitrogens with zero attached hydrogens (tertiary/aromatic N) is 3. The lowest BCUT2D eigenvalue weighted by Gasteiger charge is -2.43. The first kappa shape index (κ1) is 17.7. The lowest BCUT2D eigenvalue weighted by atomic mass is 9.94. The van der Waals surface area contributed by atoms with Crippen molar-refractivity contribution in [1.29, 1.82) is 0 Å². The number of likely N-dealkylation sites (tertiary alicyclic amines) is 1. The molecule has 0 aliphatic carbocycles. The van der Waals surface area contributed by atoms with Gasteiger partial charge in [0.15, 0.2) is 0 Å². The summed E-state index contributed by atoms with van der Waals surface area (Å²) in [5.74, 6) is 0. The van der Waals surface area contributed by atoms with E-state index < -0.39 is 17.8 Å². The van der Waals surface area contributed by atoms with Crippen molar-refractivity contribution in [3.05, 3.63) is 30.0 Å². The van der Waals surface area contributed by atoms with Crippen molar-refractivity contribution < 1.29 is 19.7 Å². The van der Waals surface area contributed by atoms with Gasteiger partial charge in [0.25, 0.3) is 0 Å². The Morgan fingerprint density at radius 1 is 1.40 bits per heavy atom. The summed E-state index contributed by atoms with van der Waals surface area (Å²) in [4.78, 5) is 13.9. The fraction of sp³-hybridized carbons (Fsp3) is 0.556. The quantitative estimate of drug-likeness (QED) is 0.884. The van der Waals surface area contributed by atoms with Gasteiger partial charge in [0.2, 0.25) is 0 Å². The van der Waals surface area contributed by atoms with Gasteiger partial charge in [-0.1, -0.05) is 18.2 Å². The molecule has 1 aliphatic heterocycles. The molecule has 0 spiro atoms. The second-order valence-corrected chi connectivity index (χ2v) is 7.32. The number of aromatic nitrogens is 2. The summed E-state index contributed by atoms with van der Waals surface area (Å²) in [6.45, 7) is 6.23. The Hall–Kier alpha value is -2.12. The molecule has 0 saturated carbocycles. The highest BCUT2D eigenvalue weighted by Crippen LogP contribution is 2.34. The maximum atomic E-state index is 12.3. The minimum atomic E-state index is -0.889. The van der Waals surface area contributed by atoms with E-state index in [2.05, 4.69) is 5.10 Å². The highest BCUT2D eigenvalue weighted by Gasteiger charge is 2.41. The number of fused-ring (bicyclic) bond motifs is 1. The van der Waals surface area contributed by atoms with Gasteiger partial charge in [-0.25, -0.2) is 4.79 Å². The summed E-state index contributed by atoms with van der Waals surface area (Å²) in [6, 6.07) is 7.17. The van der Waals surface area contributed by atoms with E-state index in [9.17, 15) is 15.0 Å². The molecule has 25 heavy (non-hydrogen) atoms. The van der Waals surface area contributed by atoms with Crippen molar-refractivity contribution in [2.75, 3.05) is 13.2 Å². The maximum Gasteiger partial charge on any atom is 0.410 e. The second-order valence-electron chi connectivity index (χ2n) is 7.32. The third kappa shape index (κ3) is 3.48. The topological polar surface area (TPSA) is 87.8 Å². The normalized spacial score (nSPS) is 18.9. The molecule has 2 N–H and O–H groups in total. The van der Waals surface area contributed by atoms with Gasteiger partial charge in [-0.15, -0.1) is 0 Å². The minimum absolute atomic E-state index is 0.0752. The molecule has 1 aliphatic rings. The van der Waals surface area contributed by atoms with Crippen LogP contribution in [-0.2, 0) is 11.3 Å². The van der Waals surface area contributed by atoms with Crippen LogP contribution < -0.4 is 0 Å². The van der Waals surface area contributed by atoms with Crippen LogP contribution in [0.15, 0.2) is 24.3 Å². The summed E-state index contributed by atoms with van der Waals surface area (Å²) in [5, 5.41) is 25.6. The second kappa shape index (κ2) is 6.65. The van der Waals surface area contributed by atoms with Crippen LogP contribution in [-0.4, -0.2) is 55.8 Å². The van der Waals surface area contributed by atoms with E-state index in [0.717, 1.165) is 10.9 Å². The number of hydrogen-bond donors (Lipinski definition) is 2. The van der Waals surface area contributed by atoms with Gasteiger partial charge in [-0.2, -0.15) is 5.10 Å². The lowest BCUT2D eigenvalue weighted by molar-refractivity contribution is -0.0428. The third-order valence-electron chi connectivity index (χ3n) is 4.34. The molecule has 1 aromatic heterocycles. The predicted molar refractivity (Wildman–Crippen MR) is 93.1 cm³/mol. The van der Waals surface area contributed by atoms with Gasteiger partial charge in [0, 0.05) is 11.9 Å². The van der Waals surface area contributed by atoms with Crippen LogP contribution in [0.5, 0.6) is 0 Å². The van der Waals surface area contributed by atoms with E-state index >= 15 is 0 Å². The summed E-state index contributed by atoms with van der Waals surface area (Å²) >= 11 is 0. The summed E-state index contributed by atoms with van der Waals surface area (Å²) in [7, 11) is 0. The van der Waals surface area contributed by atoms with Crippen molar-refractivity contribution in [1.82, 2.24) is 14.7 Å². The van der Waals surface area contributed by atoms with Gasteiger partial charge in [0.05, 0.1) is 30.4 Å². The van der Waals surface area contributed by atoms with Gasteiger partial charge in [-0.3, -0.25) is 4.68 Å². The SMILES string of the molecule is CC(C)(C)OC(=O)N1CCC1C(O)c1c2ccccc2nn1CCO. The maximum absolute atomic E-state index is 12.3. The molecule has 0 bridgehead atoms. The molecule has 2 heterocycles. The molecule has 2 unspecified atom stereocenters. The van der Waals surface area contributed by atoms with Gasteiger partial charge in [0.1, 0.15) is 11.7 Å². The third-order valence-corrected chi connectivity index (χ3v) is 4.34. The first-order chi connectivity index (χ1) is 11.8. The Balaban J connectivity index is 1.88. The first-order valence-corrected chi connectivity index (χ1v) is 8.56. The molecule has 3 rings (SSSR count). The number of aliphatic hydroxyl groups is 2. The Kier molecular flexibility index (Phi) is 4.71. The fourth-order valence-electron chi connectivity index (χ4n) is 3.14. The molecule has 7 heteroatoms. The van der Waals surface area contributed by atoms with Crippen molar-refractivity contribution in [3.8, 4) is 0 Å². The number of amides is 1. The van der Waals surface area contributed by atoms with Crippen LogP contribution in [0, 0.1) is 0 Å². The highest BCUT2D eigenvalue weighted by atomic mass is 16.6. The van der Waals surface area contributed by atoms with E-state index in [4.69, 9.17) is 4.74 Å². The van der Waals surface area contributed by atoms with Gasteiger partial charge >= 0.3 is 6.09 Å². The lowest BCUT2D eigenvalue weighted by Crippen LogP contribution is -2.55. The van der Waals surface area contributed by atoms with Crippen LogP contribution in [0.1, 0.15) is 39.0 Å². The van der Waals surface area contributed by atoms with E-state index in [0.29, 0.717) is 25.2 Å². The van der Waals surface area contributed by atoms with Crippen molar-refractivity contribution in [2.24, 2.45) is 0 Å². The standard InChI is InChI=1S/C18H25N3O4/c1-18(2,3)25-17(24)20-9-8-14(20)16(23)15-12-6-4-5-7-13(12)19-21(15)10-11-22/h4-7,14,16,22-23H,8-11H2,1-3H3. The highest BCUT2D eigenvalue weighted by molar-refractivity contribution is 5.82. The number of ether oxygens (including phenoxy) is 1. The van der Waals surface area contributed by atoms with Gasteiger partial charge in [-0.05, 0) is 33.3 Å². The summed E-state index contributed by atoms with van der Waals surface area (Å²) in [6.07, 6.45) is -0.612. The number of rotatable bonds is 4.